The first-order chi connectivity index (χ1) is 15.2. The van der Waals surface area contributed by atoms with Crippen molar-refractivity contribution in [1.29, 1.82) is 0 Å². The van der Waals surface area contributed by atoms with Crippen LogP contribution in [0.25, 0.3) is 15.9 Å². The average Bonchev–Trinajstić information content (AvgIpc) is 3.54. The Labute approximate surface area is 188 Å². The fourth-order valence-corrected chi connectivity index (χ4v) is 5.58. The Morgan fingerprint density at radius 3 is 2.52 bits per heavy atom. The van der Waals surface area contributed by atoms with Gasteiger partial charge in [0.1, 0.15) is 4.83 Å². The number of hydrogen-bond donors (Lipinski definition) is 1. The van der Waals surface area contributed by atoms with E-state index in [9.17, 15) is 9.59 Å². The highest BCUT2D eigenvalue weighted by molar-refractivity contribution is 7.99. The zero-order valence-corrected chi connectivity index (χ0v) is 18.4. The first-order valence-electron chi connectivity index (χ1n) is 10.3. The highest BCUT2D eigenvalue weighted by Crippen LogP contribution is 2.44. The van der Waals surface area contributed by atoms with Crippen LogP contribution < -0.4 is 10.9 Å². The molecule has 0 saturated heterocycles. The third-order valence-corrected chi connectivity index (χ3v) is 7.09. The molecule has 4 aromatic rings. The Bertz CT molecular complexity index is 1280. The molecule has 0 aliphatic heterocycles. The van der Waals surface area contributed by atoms with E-state index in [0.29, 0.717) is 23.2 Å². The Hall–Kier alpha value is -2.90. The second-order valence-corrected chi connectivity index (χ2v) is 9.45. The maximum Gasteiger partial charge on any atom is 0.267 e. The lowest BCUT2D eigenvalue weighted by Gasteiger charge is -2.12. The van der Waals surface area contributed by atoms with E-state index in [1.54, 1.807) is 4.57 Å². The number of amides is 1. The Morgan fingerprint density at radius 1 is 1.10 bits per heavy atom. The number of hydrogen-bond acceptors (Lipinski definition) is 5. The van der Waals surface area contributed by atoms with Crippen molar-refractivity contribution in [2.24, 2.45) is 0 Å². The quantitative estimate of drug-likeness (QED) is 0.302. The van der Waals surface area contributed by atoms with Gasteiger partial charge in [0.2, 0.25) is 5.91 Å². The number of nitrogens with zero attached hydrogens (tertiary/aromatic N) is 2. The number of aromatic nitrogens is 2. The Morgan fingerprint density at radius 2 is 1.81 bits per heavy atom. The molecule has 5 nitrogen and oxygen atoms in total. The number of nitrogens with one attached hydrogen (secondary N) is 1. The largest absolute Gasteiger partial charge is 0.326 e. The van der Waals surface area contributed by atoms with Gasteiger partial charge in [0, 0.05) is 17.9 Å². The van der Waals surface area contributed by atoms with Crippen molar-refractivity contribution in [3.05, 3.63) is 82.0 Å². The summed E-state index contributed by atoms with van der Waals surface area (Å²) in [5.74, 6) is 0.970. The van der Waals surface area contributed by atoms with Crippen LogP contribution in [0.2, 0.25) is 0 Å². The van der Waals surface area contributed by atoms with Crippen LogP contribution >= 0.6 is 23.1 Å². The average molecular weight is 448 g/mol. The molecule has 156 valence electrons. The number of carbonyl (C=O) groups is 1. The van der Waals surface area contributed by atoms with E-state index in [-0.39, 0.29) is 11.5 Å². The summed E-state index contributed by atoms with van der Waals surface area (Å²) in [7, 11) is 0. The van der Waals surface area contributed by atoms with E-state index in [1.807, 2.05) is 60.7 Å². The molecule has 1 N–H and O–H groups in total. The van der Waals surface area contributed by atoms with Gasteiger partial charge < -0.3 is 5.32 Å². The summed E-state index contributed by atoms with van der Waals surface area (Å²) in [5, 5.41) is 6.37. The second kappa shape index (κ2) is 8.69. The zero-order valence-electron chi connectivity index (χ0n) is 16.8. The van der Waals surface area contributed by atoms with E-state index in [4.69, 9.17) is 4.98 Å². The van der Waals surface area contributed by atoms with Gasteiger partial charge >= 0.3 is 0 Å². The number of benzene rings is 2. The Kier molecular flexibility index (Phi) is 5.61. The third kappa shape index (κ3) is 4.29. The fraction of sp³-hybridized carbons (Fsp3) is 0.208. The molecule has 1 aliphatic carbocycles. The molecule has 2 heterocycles. The molecular weight excluding hydrogens is 426 g/mol. The van der Waals surface area contributed by atoms with Gasteiger partial charge in [-0.15, -0.1) is 11.3 Å². The van der Waals surface area contributed by atoms with Crippen LogP contribution in [0.1, 0.15) is 30.7 Å². The molecule has 0 spiro atoms. The molecule has 0 unspecified atom stereocenters. The lowest BCUT2D eigenvalue weighted by Crippen LogP contribution is -2.22. The number of thioether (sulfide) groups is 1. The van der Waals surface area contributed by atoms with E-state index in [2.05, 4.69) is 10.7 Å². The summed E-state index contributed by atoms with van der Waals surface area (Å²) in [6.45, 7) is 0. The van der Waals surface area contributed by atoms with Crippen LogP contribution in [0.15, 0.2) is 76.0 Å². The highest BCUT2D eigenvalue weighted by Gasteiger charge is 2.29. The lowest BCUT2D eigenvalue weighted by molar-refractivity contribution is -0.115. The maximum atomic E-state index is 13.5. The van der Waals surface area contributed by atoms with Crippen LogP contribution in [-0.2, 0) is 4.79 Å². The molecule has 2 aromatic heterocycles. The van der Waals surface area contributed by atoms with Gasteiger partial charge in [0.15, 0.2) is 5.16 Å². The molecule has 31 heavy (non-hydrogen) atoms. The van der Waals surface area contributed by atoms with Gasteiger partial charge in [0.25, 0.3) is 5.56 Å². The molecule has 1 aliphatic rings. The monoisotopic (exact) mass is 447 g/mol. The number of fused-ring (bicyclic) bond motifs is 1. The van der Waals surface area contributed by atoms with E-state index >= 15 is 0 Å². The third-order valence-electron chi connectivity index (χ3n) is 5.25. The molecule has 0 radical (unpaired) electrons. The van der Waals surface area contributed by atoms with E-state index < -0.39 is 0 Å². The van der Waals surface area contributed by atoms with Crippen molar-refractivity contribution in [1.82, 2.24) is 9.55 Å². The predicted octanol–water partition coefficient (Wildman–Crippen LogP) is 5.45. The molecule has 1 fully saturated rings. The van der Waals surface area contributed by atoms with Gasteiger partial charge in [-0.25, -0.2) is 4.98 Å². The summed E-state index contributed by atoms with van der Waals surface area (Å²) < 4.78 is 1.70. The number of rotatable bonds is 7. The SMILES string of the molecule is O=C(CCSc1nc2scc(C3CC3)c2c(=O)n1-c1ccccc1)Nc1ccccc1. The Balaban J connectivity index is 1.42. The van der Waals surface area contributed by atoms with Crippen molar-refractivity contribution >= 4 is 44.9 Å². The summed E-state index contributed by atoms with van der Waals surface area (Å²) in [5.41, 5.74) is 2.70. The van der Waals surface area contributed by atoms with Gasteiger partial charge in [-0.1, -0.05) is 48.2 Å². The smallest absolute Gasteiger partial charge is 0.267 e. The minimum atomic E-state index is -0.0551. The van der Waals surface area contributed by atoms with Crippen molar-refractivity contribution < 1.29 is 4.79 Å². The summed E-state index contributed by atoms with van der Waals surface area (Å²) in [6, 6.07) is 19.0. The topological polar surface area (TPSA) is 64.0 Å². The van der Waals surface area contributed by atoms with Crippen molar-refractivity contribution in [2.45, 2.75) is 30.3 Å². The number of carbonyl (C=O) groups excluding carboxylic acids is 1. The van der Waals surface area contributed by atoms with Gasteiger partial charge in [-0.3, -0.25) is 14.2 Å². The van der Waals surface area contributed by atoms with E-state index in [0.717, 1.165) is 40.0 Å². The number of thiophene rings is 1. The molecule has 0 atom stereocenters. The standard InChI is InChI=1S/C24H21N3O2S2/c28-20(25-17-7-3-1-4-8-17)13-14-30-24-26-22-21(19(15-31-22)16-11-12-16)23(29)27(24)18-9-5-2-6-10-18/h1-10,15-16H,11-14H2,(H,25,28). The summed E-state index contributed by atoms with van der Waals surface area (Å²) >= 11 is 2.98. The van der Waals surface area contributed by atoms with Crippen LogP contribution in [-0.4, -0.2) is 21.2 Å². The molecular formula is C24H21N3O2S2. The minimum Gasteiger partial charge on any atom is -0.326 e. The van der Waals surface area contributed by atoms with Gasteiger partial charge in [-0.2, -0.15) is 0 Å². The fourth-order valence-electron chi connectivity index (χ4n) is 3.57. The summed E-state index contributed by atoms with van der Waals surface area (Å²) in [4.78, 5) is 31.5. The number of anilines is 1. The second-order valence-electron chi connectivity index (χ2n) is 7.53. The van der Waals surface area contributed by atoms with Gasteiger partial charge in [0.05, 0.1) is 11.1 Å². The lowest BCUT2D eigenvalue weighted by atomic mass is 10.1. The van der Waals surface area contributed by atoms with Crippen LogP contribution in [0.4, 0.5) is 5.69 Å². The predicted molar refractivity (Wildman–Crippen MR) is 128 cm³/mol. The first-order valence-corrected chi connectivity index (χ1v) is 12.1. The molecule has 2 aromatic carbocycles. The van der Waals surface area contributed by atoms with E-state index in [1.165, 1.54) is 23.1 Å². The van der Waals surface area contributed by atoms with Crippen molar-refractivity contribution in [2.75, 3.05) is 11.1 Å². The zero-order chi connectivity index (χ0) is 21.2. The van der Waals surface area contributed by atoms with Crippen molar-refractivity contribution in [3.63, 3.8) is 0 Å². The first kappa shape index (κ1) is 20.0. The minimum absolute atomic E-state index is 0.0180. The normalized spacial score (nSPS) is 13.4. The molecule has 0 bridgehead atoms. The highest BCUT2D eigenvalue weighted by atomic mass is 32.2. The van der Waals surface area contributed by atoms with Crippen LogP contribution in [0.3, 0.4) is 0 Å². The number of para-hydroxylation sites is 2. The van der Waals surface area contributed by atoms with Crippen molar-refractivity contribution in [3.8, 4) is 5.69 Å². The molecule has 7 heteroatoms. The molecule has 5 rings (SSSR count). The van der Waals surface area contributed by atoms with Gasteiger partial charge in [-0.05, 0) is 54.0 Å². The van der Waals surface area contributed by atoms with Crippen LogP contribution in [0, 0.1) is 0 Å². The summed E-state index contributed by atoms with van der Waals surface area (Å²) in [6.07, 6.45) is 2.62. The molecule has 1 saturated carbocycles. The van der Waals surface area contributed by atoms with Crippen LogP contribution in [0.5, 0.6) is 0 Å². The molecule has 1 amide bonds. The maximum absolute atomic E-state index is 13.5.